The molecule has 2 amide bonds. The van der Waals surface area contributed by atoms with Gasteiger partial charge >= 0.3 is 0 Å². The lowest BCUT2D eigenvalue weighted by molar-refractivity contribution is -0.120. The molecule has 0 saturated carbocycles. The first-order valence-corrected chi connectivity index (χ1v) is 9.14. The van der Waals surface area contributed by atoms with Gasteiger partial charge in [-0.1, -0.05) is 19.1 Å². The maximum Gasteiger partial charge on any atom is 0.262 e. The minimum atomic E-state index is -0.930. The van der Waals surface area contributed by atoms with Crippen LogP contribution in [-0.2, 0) is 9.47 Å². The fraction of sp³-hybridized carbons (Fsp3) is 0.600. The van der Waals surface area contributed by atoms with E-state index in [2.05, 4.69) is 0 Å². The molecule has 0 spiro atoms. The first-order chi connectivity index (χ1) is 12.6. The Balaban J connectivity index is 2.03. The summed E-state index contributed by atoms with van der Waals surface area (Å²) in [5.41, 5.74) is -0.662. The van der Waals surface area contributed by atoms with Gasteiger partial charge in [0.2, 0.25) is 0 Å². The van der Waals surface area contributed by atoms with Gasteiger partial charge in [-0.15, -0.1) is 0 Å². The minimum absolute atomic E-state index is 0.0112. The fourth-order valence-electron chi connectivity index (χ4n) is 2.86. The summed E-state index contributed by atoms with van der Waals surface area (Å²) < 4.78 is 11.5. The number of ether oxygens (including phenoxy) is 2. The quantitative estimate of drug-likeness (QED) is 0.600. The SMILES string of the molecule is CCC(C)(COCC(O)CO)OCC(C)(C)N1C(=O)c2ccccc2C1=O. The van der Waals surface area contributed by atoms with Crippen LogP contribution in [0.25, 0.3) is 0 Å². The van der Waals surface area contributed by atoms with Gasteiger partial charge in [-0.25, -0.2) is 0 Å². The molecule has 7 nitrogen and oxygen atoms in total. The number of benzene rings is 1. The molecule has 0 aromatic heterocycles. The van der Waals surface area contributed by atoms with E-state index in [1.807, 2.05) is 13.8 Å². The van der Waals surface area contributed by atoms with Crippen LogP contribution in [0.2, 0.25) is 0 Å². The largest absolute Gasteiger partial charge is 0.394 e. The normalized spacial score (nSPS) is 17.8. The Morgan fingerprint density at radius 3 is 2.11 bits per heavy atom. The summed E-state index contributed by atoms with van der Waals surface area (Å²) in [6.45, 7) is 7.42. The summed E-state index contributed by atoms with van der Waals surface area (Å²) in [7, 11) is 0. The zero-order valence-electron chi connectivity index (χ0n) is 16.4. The summed E-state index contributed by atoms with van der Waals surface area (Å²) in [5, 5.41) is 18.2. The molecule has 0 aliphatic carbocycles. The highest BCUT2D eigenvalue weighted by Crippen LogP contribution is 2.30. The molecular formula is C20H29NO6. The van der Waals surface area contributed by atoms with Gasteiger partial charge in [0.1, 0.15) is 6.10 Å². The molecule has 2 rings (SSSR count). The fourth-order valence-corrected chi connectivity index (χ4v) is 2.86. The van der Waals surface area contributed by atoms with E-state index in [-0.39, 0.29) is 38.2 Å². The van der Waals surface area contributed by atoms with E-state index >= 15 is 0 Å². The van der Waals surface area contributed by atoms with Gasteiger partial charge in [-0.3, -0.25) is 14.5 Å². The second-order valence-corrected chi connectivity index (χ2v) is 7.75. The molecule has 1 aromatic carbocycles. The van der Waals surface area contributed by atoms with Crippen LogP contribution < -0.4 is 0 Å². The molecule has 150 valence electrons. The maximum absolute atomic E-state index is 12.7. The lowest BCUT2D eigenvalue weighted by Crippen LogP contribution is -2.52. The van der Waals surface area contributed by atoms with Crippen molar-refractivity contribution in [1.29, 1.82) is 0 Å². The molecule has 1 aliphatic rings. The Morgan fingerprint density at radius 1 is 1.07 bits per heavy atom. The second kappa shape index (κ2) is 8.48. The number of fused-ring (bicyclic) bond motifs is 1. The van der Waals surface area contributed by atoms with Crippen molar-refractivity contribution in [2.75, 3.05) is 26.4 Å². The first-order valence-electron chi connectivity index (χ1n) is 9.14. The topological polar surface area (TPSA) is 96.3 Å². The molecule has 0 radical (unpaired) electrons. The van der Waals surface area contributed by atoms with Gasteiger partial charge in [0, 0.05) is 0 Å². The lowest BCUT2D eigenvalue weighted by Gasteiger charge is -2.38. The van der Waals surface area contributed by atoms with Crippen LogP contribution in [0.4, 0.5) is 0 Å². The predicted molar refractivity (Wildman–Crippen MR) is 99.6 cm³/mol. The van der Waals surface area contributed by atoms with Crippen molar-refractivity contribution in [3.05, 3.63) is 35.4 Å². The van der Waals surface area contributed by atoms with E-state index < -0.39 is 17.2 Å². The first kappa shape index (κ1) is 21.5. The highest BCUT2D eigenvalue weighted by Gasteiger charge is 2.44. The van der Waals surface area contributed by atoms with Gasteiger partial charge in [0.25, 0.3) is 11.8 Å². The van der Waals surface area contributed by atoms with Crippen LogP contribution in [0.15, 0.2) is 24.3 Å². The maximum atomic E-state index is 12.7. The average Bonchev–Trinajstić information content (AvgIpc) is 2.91. The van der Waals surface area contributed by atoms with Crippen LogP contribution in [0.1, 0.15) is 54.8 Å². The molecule has 7 heteroatoms. The number of nitrogens with zero attached hydrogens (tertiary/aromatic N) is 1. The molecule has 0 saturated heterocycles. The van der Waals surface area contributed by atoms with E-state index in [0.29, 0.717) is 17.5 Å². The van der Waals surface area contributed by atoms with Gasteiger partial charge in [-0.05, 0) is 39.3 Å². The monoisotopic (exact) mass is 379 g/mol. The number of hydrogen-bond donors (Lipinski definition) is 2. The van der Waals surface area contributed by atoms with E-state index in [1.165, 1.54) is 4.90 Å². The second-order valence-electron chi connectivity index (χ2n) is 7.75. The van der Waals surface area contributed by atoms with E-state index in [4.69, 9.17) is 14.6 Å². The third-order valence-electron chi connectivity index (χ3n) is 4.85. The number of imide groups is 1. The summed E-state index contributed by atoms with van der Waals surface area (Å²) in [5.74, 6) is -0.630. The smallest absolute Gasteiger partial charge is 0.262 e. The Bertz CT molecular complexity index is 654. The molecule has 0 bridgehead atoms. The van der Waals surface area contributed by atoms with Crippen LogP contribution in [0, 0.1) is 0 Å². The lowest BCUT2D eigenvalue weighted by atomic mass is 10.0. The molecule has 1 heterocycles. The Labute approximate surface area is 159 Å². The van der Waals surface area contributed by atoms with Gasteiger partial charge in [0.15, 0.2) is 0 Å². The third-order valence-corrected chi connectivity index (χ3v) is 4.85. The minimum Gasteiger partial charge on any atom is -0.394 e. The van der Waals surface area contributed by atoms with E-state index in [1.54, 1.807) is 38.1 Å². The third kappa shape index (κ3) is 4.73. The molecule has 2 N–H and O–H groups in total. The molecular weight excluding hydrogens is 350 g/mol. The van der Waals surface area contributed by atoms with Crippen molar-refractivity contribution in [3.8, 4) is 0 Å². The summed E-state index contributed by atoms with van der Waals surface area (Å²) in [6, 6.07) is 6.79. The van der Waals surface area contributed by atoms with Crippen LogP contribution in [-0.4, -0.2) is 70.6 Å². The van der Waals surface area contributed by atoms with Gasteiger partial charge in [0.05, 0.1) is 48.7 Å². The van der Waals surface area contributed by atoms with Crippen molar-refractivity contribution >= 4 is 11.8 Å². The molecule has 2 unspecified atom stereocenters. The summed E-state index contributed by atoms with van der Waals surface area (Å²) in [6.07, 6.45) is -0.290. The zero-order chi connectivity index (χ0) is 20.2. The standard InChI is InChI=1S/C20H29NO6/c1-5-20(4,13-26-11-14(23)10-22)27-12-19(2,3)21-17(24)15-8-6-7-9-16(15)18(21)25/h6-9,14,22-23H,5,10-13H2,1-4H3. The highest BCUT2D eigenvalue weighted by molar-refractivity contribution is 6.21. The number of aliphatic hydroxyl groups is 2. The number of rotatable bonds is 10. The number of amides is 2. The van der Waals surface area contributed by atoms with Crippen LogP contribution in [0.3, 0.4) is 0 Å². The van der Waals surface area contributed by atoms with Crippen molar-refractivity contribution in [2.45, 2.75) is 51.4 Å². The van der Waals surface area contributed by atoms with Crippen molar-refractivity contribution in [1.82, 2.24) is 4.90 Å². The van der Waals surface area contributed by atoms with Gasteiger partial charge < -0.3 is 19.7 Å². The average molecular weight is 379 g/mol. The Hall–Kier alpha value is -1.80. The zero-order valence-corrected chi connectivity index (χ0v) is 16.4. The predicted octanol–water partition coefficient (Wildman–Crippen LogP) is 1.62. The molecule has 27 heavy (non-hydrogen) atoms. The van der Waals surface area contributed by atoms with Crippen molar-refractivity contribution in [3.63, 3.8) is 0 Å². The van der Waals surface area contributed by atoms with Crippen LogP contribution in [0.5, 0.6) is 0 Å². The van der Waals surface area contributed by atoms with Crippen molar-refractivity contribution < 1.29 is 29.3 Å². The van der Waals surface area contributed by atoms with E-state index in [0.717, 1.165) is 0 Å². The number of hydrogen-bond acceptors (Lipinski definition) is 6. The Kier molecular flexibility index (Phi) is 6.75. The van der Waals surface area contributed by atoms with Crippen molar-refractivity contribution in [2.24, 2.45) is 0 Å². The van der Waals surface area contributed by atoms with E-state index in [9.17, 15) is 14.7 Å². The summed E-state index contributed by atoms with van der Waals surface area (Å²) in [4.78, 5) is 26.7. The summed E-state index contributed by atoms with van der Waals surface area (Å²) >= 11 is 0. The molecule has 1 aliphatic heterocycles. The van der Waals surface area contributed by atoms with Gasteiger partial charge in [-0.2, -0.15) is 0 Å². The molecule has 1 aromatic rings. The Morgan fingerprint density at radius 2 is 1.63 bits per heavy atom. The number of aliphatic hydroxyl groups excluding tert-OH is 2. The van der Waals surface area contributed by atoms with Crippen LogP contribution >= 0.6 is 0 Å². The highest BCUT2D eigenvalue weighted by atomic mass is 16.5. The molecule has 0 fully saturated rings. The number of carbonyl (C=O) groups excluding carboxylic acids is 2. The number of carbonyl (C=O) groups is 2. The molecule has 2 atom stereocenters.